The highest BCUT2D eigenvalue weighted by Gasteiger charge is 2.32. The third-order valence-corrected chi connectivity index (χ3v) is 1.41. The molecule has 1 heterocycles. The molecule has 0 bridgehead atoms. The van der Waals surface area contributed by atoms with E-state index in [1.807, 2.05) is 0 Å². The molecular formula is C7H9F3N2O. The van der Waals surface area contributed by atoms with Gasteiger partial charge in [-0.2, -0.15) is 18.3 Å². The van der Waals surface area contributed by atoms with Crippen LogP contribution in [0.4, 0.5) is 13.2 Å². The molecule has 1 unspecified atom stereocenters. The van der Waals surface area contributed by atoms with Gasteiger partial charge in [0.15, 0.2) is 0 Å². The zero-order valence-electron chi connectivity index (χ0n) is 6.91. The Labute approximate surface area is 72.8 Å². The summed E-state index contributed by atoms with van der Waals surface area (Å²) >= 11 is 0. The van der Waals surface area contributed by atoms with Gasteiger partial charge in [-0.05, 0) is 6.92 Å². The number of aromatic nitrogens is 2. The molecule has 13 heavy (non-hydrogen) atoms. The summed E-state index contributed by atoms with van der Waals surface area (Å²) in [6, 6.07) is 0. The number of halogens is 3. The Morgan fingerprint density at radius 2 is 2.23 bits per heavy atom. The highest BCUT2D eigenvalue weighted by molar-refractivity contribution is 5.08. The molecule has 1 rings (SSSR count). The maximum atomic E-state index is 12.0. The minimum atomic E-state index is -4.36. The predicted octanol–water partition coefficient (Wildman–Crippen LogP) is 1.28. The molecule has 0 saturated carbocycles. The summed E-state index contributed by atoms with van der Waals surface area (Å²) in [6.45, 7) is 1.55. The SMILES string of the molecule is CC(O)Cn1cc(C(F)(F)F)cn1. The number of aliphatic hydroxyl groups excluding tert-OH is 1. The molecule has 0 saturated heterocycles. The molecule has 1 N–H and O–H groups in total. The summed E-state index contributed by atoms with van der Waals surface area (Å²) < 4.78 is 37.1. The van der Waals surface area contributed by atoms with Crippen molar-refractivity contribution in [2.75, 3.05) is 0 Å². The maximum Gasteiger partial charge on any atom is 0.419 e. The normalized spacial score (nSPS) is 14.5. The van der Waals surface area contributed by atoms with Crippen molar-refractivity contribution >= 4 is 0 Å². The summed E-state index contributed by atoms with van der Waals surface area (Å²) in [4.78, 5) is 0. The van der Waals surface area contributed by atoms with Crippen molar-refractivity contribution in [1.29, 1.82) is 0 Å². The monoisotopic (exact) mass is 194 g/mol. The smallest absolute Gasteiger partial charge is 0.391 e. The number of alkyl halides is 3. The van der Waals surface area contributed by atoms with Gasteiger partial charge in [0.25, 0.3) is 0 Å². The van der Waals surface area contributed by atoms with Gasteiger partial charge in [0.05, 0.1) is 24.4 Å². The number of rotatable bonds is 2. The third-order valence-electron chi connectivity index (χ3n) is 1.41. The molecule has 1 aromatic heterocycles. The maximum absolute atomic E-state index is 12.0. The first-order valence-electron chi connectivity index (χ1n) is 3.67. The van der Waals surface area contributed by atoms with Crippen molar-refractivity contribution in [2.24, 2.45) is 0 Å². The van der Waals surface area contributed by atoms with Crippen LogP contribution in [0.2, 0.25) is 0 Å². The van der Waals surface area contributed by atoms with Crippen LogP contribution in [-0.2, 0) is 12.7 Å². The number of nitrogens with zero attached hydrogens (tertiary/aromatic N) is 2. The largest absolute Gasteiger partial charge is 0.419 e. The van der Waals surface area contributed by atoms with Crippen LogP contribution in [0.5, 0.6) is 0 Å². The molecule has 6 heteroatoms. The van der Waals surface area contributed by atoms with Gasteiger partial charge in [-0.15, -0.1) is 0 Å². The molecule has 0 aromatic carbocycles. The van der Waals surface area contributed by atoms with E-state index < -0.39 is 17.8 Å². The number of aliphatic hydroxyl groups is 1. The van der Waals surface area contributed by atoms with E-state index in [2.05, 4.69) is 5.10 Å². The predicted molar refractivity (Wildman–Crippen MR) is 38.9 cm³/mol. The Hall–Kier alpha value is -1.04. The second-order valence-corrected chi connectivity index (χ2v) is 2.80. The van der Waals surface area contributed by atoms with Crippen LogP contribution in [0.25, 0.3) is 0 Å². The van der Waals surface area contributed by atoms with Gasteiger partial charge in [-0.1, -0.05) is 0 Å². The van der Waals surface area contributed by atoms with Crippen LogP contribution in [-0.4, -0.2) is 21.0 Å². The molecule has 0 aliphatic rings. The van der Waals surface area contributed by atoms with Crippen molar-refractivity contribution in [3.63, 3.8) is 0 Å². The molecule has 0 radical (unpaired) electrons. The van der Waals surface area contributed by atoms with E-state index in [-0.39, 0.29) is 6.54 Å². The van der Waals surface area contributed by atoms with Crippen LogP contribution >= 0.6 is 0 Å². The second kappa shape index (κ2) is 3.37. The molecule has 0 amide bonds. The van der Waals surface area contributed by atoms with Crippen LogP contribution in [0.1, 0.15) is 12.5 Å². The van der Waals surface area contributed by atoms with Crippen molar-refractivity contribution in [1.82, 2.24) is 9.78 Å². The third kappa shape index (κ3) is 2.73. The lowest BCUT2D eigenvalue weighted by Gasteiger charge is -2.03. The molecule has 0 fully saturated rings. The molecule has 74 valence electrons. The Balaban J connectivity index is 2.75. The van der Waals surface area contributed by atoms with Crippen LogP contribution in [0, 0.1) is 0 Å². The first-order chi connectivity index (χ1) is 5.89. The van der Waals surface area contributed by atoms with E-state index in [4.69, 9.17) is 5.11 Å². The van der Waals surface area contributed by atoms with E-state index in [9.17, 15) is 13.2 Å². The fraction of sp³-hybridized carbons (Fsp3) is 0.571. The van der Waals surface area contributed by atoms with E-state index >= 15 is 0 Å². The topological polar surface area (TPSA) is 38.0 Å². The summed E-state index contributed by atoms with van der Waals surface area (Å²) in [7, 11) is 0. The van der Waals surface area contributed by atoms with Gasteiger partial charge in [0.2, 0.25) is 0 Å². The standard InChI is InChI=1S/C7H9F3N2O/c1-5(13)3-12-4-6(2-11-12)7(8,9)10/h2,4-5,13H,3H2,1H3. The summed E-state index contributed by atoms with van der Waals surface area (Å²) in [6.07, 6.45) is -3.47. The Morgan fingerprint density at radius 3 is 2.62 bits per heavy atom. The zero-order valence-corrected chi connectivity index (χ0v) is 6.91. The highest BCUT2D eigenvalue weighted by atomic mass is 19.4. The minimum absolute atomic E-state index is 0.0656. The fourth-order valence-corrected chi connectivity index (χ4v) is 0.881. The summed E-state index contributed by atoms with van der Waals surface area (Å²) in [5.41, 5.74) is -0.798. The van der Waals surface area contributed by atoms with Gasteiger partial charge in [-0.3, -0.25) is 4.68 Å². The lowest BCUT2D eigenvalue weighted by molar-refractivity contribution is -0.137. The molecule has 0 spiro atoms. The Morgan fingerprint density at radius 1 is 1.62 bits per heavy atom. The highest BCUT2D eigenvalue weighted by Crippen LogP contribution is 2.28. The van der Waals surface area contributed by atoms with Gasteiger partial charge in [0.1, 0.15) is 0 Å². The first-order valence-corrected chi connectivity index (χ1v) is 3.67. The van der Waals surface area contributed by atoms with E-state index in [1.54, 1.807) is 0 Å². The molecule has 3 nitrogen and oxygen atoms in total. The lowest BCUT2D eigenvalue weighted by Crippen LogP contribution is -2.12. The van der Waals surface area contributed by atoms with Gasteiger partial charge < -0.3 is 5.11 Å². The minimum Gasteiger partial charge on any atom is -0.391 e. The zero-order chi connectivity index (χ0) is 10.1. The van der Waals surface area contributed by atoms with E-state index in [0.717, 1.165) is 17.1 Å². The van der Waals surface area contributed by atoms with Crippen LogP contribution in [0.15, 0.2) is 12.4 Å². The Bertz CT molecular complexity index is 280. The van der Waals surface area contributed by atoms with E-state index in [1.165, 1.54) is 6.92 Å². The van der Waals surface area contributed by atoms with Crippen molar-refractivity contribution in [3.8, 4) is 0 Å². The molecular weight excluding hydrogens is 185 g/mol. The fourth-order valence-electron chi connectivity index (χ4n) is 0.881. The summed E-state index contributed by atoms with van der Waals surface area (Å²) in [5.74, 6) is 0. The molecule has 1 aromatic rings. The van der Waals surface area contributed by atoms with Crippen molar-refractivity contribution < 1.29 is 18.3 Å². The van der Waals surface area contributed by atoms with Crippen LogP contribution in [0.3, 0.4) is 0 Å². The number of hydrogen-bond acceptors (Lipinski definition) is 2. The van der Waals surface area contributed by atoms with Crippen molar-refractivity contribution in [2.45, 2.75) is 25.7 Å². The average Bonchev–Trinajstić information content (AvgIpc) is 2.32. The quantitative estimate of drug-likeness (QED) is 0.770. The van der Waals surface area contributed by atoms with Crippen LogP contribution < -0.4 is 0 Å². The second-order valence-electron chi connectivity index (χ2n) is 2.80. The first kappa shape index (κ1) is 10.0. The molecule has 0 aliphatic carbocycles. The van der Waals surface area contributed by atoms with E-state index in [0.29, 0.717) is 0 Å². The average molecular weight is 194 g/mol. The lowest BCUT2D eigenvalue weighted by atomic mass is 10.3. The van der Waals surface area contributed by atoms with Gasteiger partial charge in [0, 0.05) is 6.20 Å². The summed E-state index contributed by atoms with van der Waals surface area (Å²) in [5, 5.41) is 12.3. The molecule has 1 atom stereocenters. The van der Waals surface area contributed by atoms with Crippen molar-refractivity contribution in [3.05, 3.63) is 18.0 Å². The molecule has 0 aliphatic heterocycles. The Kier molecular flexibility index (Phi) is 2.60. The van der Waals surface area contributed by atoms with Gasteiger partial charge in [-0.25, -0.2) is 0 Å². The number of hydrogen-bond donors (Lipinski definition) is 1. The van der Waals surface area contributed by atoms with Gasteiger partial charge >= 0.3 is 6.18 Å².